The lowest BCUT2D eigenvalue weighted by Gasteiger charge is -2.21. The fraction of sp³-hybridized carbons (Fsp3) is 0.611. The van der Waals surface area contributed by atoms with Gasteiger partial charge in [-0.05, 0) is 49.5 Å². The Kier molecular flexibility index (Phi) is 5.96. The van der Waals surface area contributed by atoms with Crippen LogP contribution in [-0.2, 0) is 0 Å². The van der Waals surface area contributed by atoms with Crippen molar-refractivity contribution < 1.29 is 14.8 Å². The van der Waals surface area contributed by atoms with E-state index in [4.69, 9.17) is 5.11 Å². The summed E-state index contributed by atoms with van der Waals surface area (Å²) in [5.41, 5.74) is 0.229. The zero-order valence-corrected chi connectivity index (χ0v) is 15.0. The number of fused-ring (bicyclic) bond motifs is 2. The predicted octanol–water partition coefficient (Wildman–Crippen LogP) is 3.24. The molecule has 1 aromatic rings. The molecule has 2 saturated carbocycles. The van der Waals surface area contributed by atoms with Gasteiger partial charge in [0.05, 0.1) is 17.1 Å². The van der Waals surface area contributed by atoms with Crippen LogP contribution in [0.5, 0.6) is 0 Å². The number of nitrogens with one attached hydrogen (secondary N) is 1. The monoisotopic (exact) mass is 364 g/mol. The van der Waals surface area contributed by atoms with Crippen LogP contribution in [-0.4, -0.2) is 34.8 Å². The minimum absolute atomic E-state index is 0.00700. The van der Waals surface area contributed by atoms with E-state index in [0.717, 1.165) is 18.3 Å². The maximum Gasteiger partial charge on any atom is 0.270 e. The number of thioether (sulfide) groups is 1. The summed E-state index contributed by atoms with van der Waals surface area (Å²) in [4.78, 5) is 23.7. The van der Waals surface area contributed by atoms with E-state index in [2.05, 4.69) is 5.32 Å². The number of non-ortho nitro benzene ring substituents is 1. The molecule has 0 saturated heterocycles. The highest BCUT2D eigenvalue weighted by atomic mass is 32.2. The molecule has 0 radical (unpaired) electrons. The first-order valence-electron chi connectivity index (χ1n) is 8.88. The molecule has 2 N–H and O–H groups in total. The summed E-state index contributed by atoms with van der Waals surface area (Å²) in [5, 5.41) is 22.9. The number of hydrogen-bond acceptors (Lipinski definition) is 5. The number of aliphatic hydroxyl groups excluding tert-OH is 1. The van der Waals surface area contributed by atoms with Crippen molar-refractivity contribution in [1.29, 1.82) is 0 Å². The molecule has 2 aliphatic rings. The lowest BCUT2D eigenvalue weighted by atomic mass is 9.86. The van der Waals surface area contributed by atoms with Crippen LogP contribution in [0.2, 0.25) is 0 Å². The summed E-state index contributed by atoms with van der Waals surface area (Å²) in [6, 6.07) is 4.31. The second kappa shape index (κ2) is 8.19. The number of nitro groups is 1. The van der Waals surface area contributed by atoms with Crippen LogP contribution in [0.15, 0.2) is 23.1 Å². The average molecular weight is 364 g/mol. The summed E-state index contributed by atoms with van der Waals surface area (Å²) < 4.78 is 0. The highest BCUT2D eigenvalue weighted by Crippen LogP contribution is 2.49. The molecule has 136 valence electrons. The van der Waals surface area contributed by atoms with Crippen LogP contribution in [0.25, 0.3) is 0 Å². The van der Waals surface area contributed by atoms with Crippen molar-refractivity contribution in [3.63, 3.8) is 0 Å². The van der Waals surface area contributed by atoms with E-state index in [-0.39, 0.29) is 18.2 Å². The highest BCUT2D eigenvalue weighted by Gasteiger charge is 2.38. The second-order valence-corrected chi connectivity index (χ2v) is 8.13. The molecule has 3 rings (SSSR count). The number of nitrogens with zero attached hydrogens (tertiary/aromatic N) is 1. The molecule has 0 heterocycles. The van der Waals surface area contributed by atoms with Gasteiger partial charge in [-0.1, -0.05) is 6.42 Å². The van der Waals surface area contributed by atoms with Crippen molar-refractivity contribution in [1.82, 2.24) is 5.32 Å². The normalized spacial score (nSPS) is 24.4. The summed E-state index contributed by atoms with van der Waals surface area (Å²) in [7, 11) is 0. The Hall–Kier alpha value is -1.60. The van der Waals surface area contributed by atoms with E-state index < -0.39 is 4.92 Å². The van der Waals surface area contributed by atoms with Gasteiger partial charge in [-0.3, -0.25) is 14.9 Å². The number of rotatable bonds is 8. The van der Waals surface area contributed by atoms with Crippen molar-refractivity contribution in [2.24, 2.45) is 17.8 Å². The first-order valence-corrected chi connectivity index (χ1v) is 9.87. The smallest absolute Gasteiger partial charge is 0.270 e. The maximum absolute atomic E-state index is 12.5. The van der Waals surface area contributed by atoms with Gasteiger partial charge in [-0.15, -0.1) is 11.8 Å². The number of hydrogen-bond donors (Lipinski definition) is 2. The number of nitro benzene ring substituents is 1. The molecule has 3 atom stereocenters. The van der Waals surface area contributed by atoms with Crippen LogP contribution in [0.3, 0.4) is 0 Å². The Morgan fingerprint density at radius 3 is 2.84 bits per heavy atom. The van der Waals surface area contributed by atoms with Gasteiger partial charge in [0.2, 0.25) is 0 Å². The van der Waals surface area contributed by atoms with Gasteiger partial charge in [0.25, 0.3) is 11.6 Å². The van der Waals surface area contributed by atoms with E-state index >= 15 is 0 Å². The van der Waals surface area contributed by atoms with Gasteiger partial charge in [0, 0.05) is 29.3 Å². The van der Waals surface area contributed by atoms with Crippen molar-refractivity contribution in [3.8, 4) is 0 Å². The zero-order valence-electron chi connectivity index (χ0n) is 14.1. The molecule has 2 aliphatic carbocycles. The number of carbonyl (C=O) groups excluding carboxylic acids is 1. The van der Waals surface area contributed by atoms with Crippen molar-refractivity contribution >= 4 is 23.4 Å². The van der Waals surface area contributed by atoms with Crippen LogP contribution >= 0.6 is 11.8 Å². The topological polar surface area (TPSA) is 92.5 Å². The zero-order chi connectivity index (χ0) is 17.8. The largest absolute Gasteiger partial charge is 0.396 e. The van der Waals surface area contributed by atoms with Crippen LogP contribution in [0.1, 0.15) is 42.5 Å². The molecular formula is C18H24N2O4S. The maximum atomic E-state index is 12.5. The van der Waals surface area contributed by atoms with Crippen LogP contribution < -0.4 is 5.32 Å². The Labute approximate surface area is 151 Å². The number of amides is 1. The molecule has 25 heavy (non-hydrogen) atoms. The van der Waals surface area contributed by atoms with E-state index in [1.807, 2.05) is 0 Å². The predicted molar refractivity (Wildman–Crippen MR) is 96.8 cm³/mol. The average Bonchev–Trinajstić information content (AvgIpc) is 3.22. The molecule has 7 heteroatoms. The fourth-order valence-electron chi connectivity index (χ4n) is 4.29. The van der Waals surface area contributed by atoms with Gasteiger partial charge in [-0.2, -0.15) is 0 Å². The third kappa shape index (κ3) is 4.33. The Balaban J connectivity index is 1.61. The number of carbonyl (C=O) groups is 1. The van der Waals surface area contributed by atoms with Crippen molar-refractivity contribution in [2.45, 2.75) is 37.0 Å². The minimum Gasteiger partial charge on any atom is -0.396 e. The highest BCUT2D eigenvalue weighted by molar-refractivity contribution is 7.99. The van der Waals surface area contributed by atoms with Gasteiger partial charge >= 0.3 is 0 Å². The molecule has 2 fully saturated rings. The fourth-order valence-corrected chi connectivity index (χ4v) is 5.07. The summed E-state index contributed by atoms with van der Waals surface area (Å²) in [5.74, 6) is 2.61. The number of aliphatic hydroxyl groups is 1. The number of benzene rings is 1. The van der Waals surface area contributed by atoms with Gasteiger partial charge in [0.1, 0.15) is 0 Å². The van der Waals surface area contributed by atoms with Crippen LogP contribution in [0.4, 0.5) is 5.69 Å². The lowest BCUT2D eigenvalue weighted by Crippen LogP contribution is -2.27. The molecule has 1 aromatic carbocycles. The van der Waals surface area contributed by atoms with E-state index in [9.17, 15) is 14.9 Å². The first kappa shape index (κ1) is 18.2. The van der Waals surface area contributed by atoms with Crippen LogP contribution in [0, 0.1) is 27.9 Å². The van der Waals surface area contributed by atoms with Gasteiger partial charge < -0.3 is 10.4 Å². The minimum atomic E-state index is -0.494. The molecule has 0 unspecified atom stereocenters. The van der Waals surface area contributed by atoms with E-state index in [1.54, 1.807) is 6.07 Å². The molecule has 1 amide bonds. The summed E-state index contributed by atoms with van der Waals surface area (Å²) in [6.45, 7) is 0.604. The Morgan fingerprint density at radius 2 is 2.20 bits per heavy atom. The molecule has 0 aromatic heterocycles. The standard InChI is InChI=1S/C18H24N2O4S/c21-7-8-25-17-4-3-15(20(23)24)11-16(17)18(22)19-6-5-14-10-12-1-2-13(14)9-12/h3-4,11-14,21H,1-2,5-10H2,(H,19,22)/t12-,13-,14-/m0/s1. The quantitative estimate of drug-likeness (QED) is 0.420. The molecule has 6 nitrogen and oxygen atoms in total. The molecule has 2 bridgehead atoms. The third-order valence-corrected chi connectivity index (χ3v) is 6.51. The third-order valence-electron chi connectivity index (χ3n) is 5.45. The van der Waals surface area contributed by atoms with Gasteiger partial charge in [0.15, 0.2) is 0 Å². The summed E-state index contributed by atoms with van der Waals surface area (Å²) in [6.07, 6.45) is 6.32. The van der Waals surface area contributed by atoms with Gasteiger partial charge in [-0.25, -0.2) is 0 Å². The summed E-state index contributed by atoms with van der Waals surface area (Å²) >= 11 is 1.33. The SMILES string of the molecule is O=C(NCC[C@H]1C[C@H]2CC[C@H]1C2)c1cc([N+](=O)[O-])ccc1SCCO. The Morgan fingerprint density at radius 1 is 1.36 bits per heavy atom. The molecule has 0 spiro atoms. The molecule has 0 aliphatic heterocycles. The van der Waals surface area contributed by atoms with Crippen molar-refractivity contribution in [3.05, 3.63) is 33.9 Å². The van der Waals surface area contributed by atoms with E-state index in [1.165, 1.54) is 49.6 Å². The van der Waals surface area contributed by atoms with Crippen molar-refractivity contribution in [2.75, 3.05) is 18.9 Å². The van der Waals surface area contributed by atoms with E-state index in [0.29, 0.717) is 28.7 Å². The second-order valence-electron chi connectivity index (χ2n) is 6.99. The first-order chi connectivity index (χ1) is 12.1. The Bertz CT molecular complexity index is 652. The lowest BCUT2D eigenvalue weighted by molar-refractivity contribution is -0.384. The molecular weight excluding hydrogens is 340 g/mol.